The second-order valence-corrected chi connectivity index (χ2v) is 33.5. The first-order valence-corrected chi connectivity index (χ1v) is 43.3. The molecule has 3 unspecified atom stereocenters. The molecular formula is C80H126N2O6S5. The zero-order valence-electron chi connectivity index (χ0n) is 59.3. The van der Waals surface area contributed by atoms with Gasteiger partial charge in [0.05, 0.1) is 60.1 Å². The Labute approximate surface area is 585 Å². The van der Waals surface area contributed by atoms with Crippen molar-refractivity contribution in [2.24, 2.45) is 23.7 Å². The number of rotatable bonds is 50. The molecule has 0 saturated heterocycles. The molecule has 4 aromatic heterocycles. The number of unbranched alkanes of at least 4 members (excludes halogenated alkanes) is 26. The maximum Gasteiger partial charge on any atom is 0.308 e. The van der Waals surface area contributed by atoms with Crippen molar-refractivity contribution >= 4 is 89.9 Å². The monoisotopic (exact) mass is 1370 g/mol. The average Bonchev–Trinajstić information content (AvgIpc) is 1.64. The Morgan fingerprint density at radius 1 is 0.484 bits per heavy atom. The number of hydrogen-bond donors (Lipinski definition) is 0. The molecule has 1 aromatic carbocycles. The highest BCUT2D eigenvalue weighted by molar-refractivity contribution is 7.99. The van der Waals surface area contributed by atoms with Gasteiger partial charge in [-0.2, -0.15) is 8.75 Å². The summed E-state index contributed by atoms with van der Waals surface area (Å²) in [4.78, 5) is 33.6. The smallest absolute Gasteiger partial charge is 0.308 e. The van der Waals surface area contributed by atoms with Crippen molar-refractivity contribution in [1.29, 1.82) is 0 Å². The van der Waals surface area contributed by atoms with Crippen molar-refractivity contribution in [2.45, 2.75) is 360 Å². The molecule has 0 spiro atoms. The van der Waals surface area contributed by atoms with E-state index in [1.54, 1.807) is 0 Å². The van der Waals surface area contributed by atoms with E-state index in [2.05, 4.69) is 59.1 Å². The molecule has 8 nitrogen and oxygen atoms in total. The Morgan fingerprint density at radius 2 is 0.892 bits per heavy atom. The third-order valence-electron chi connectivity index (χ3n) is 21.0. The van der Waals surface area contributed by atoms with Crippen LogP contribution in [0.25, 0.3) is 41.3 Å². The number of carbonyl (C=O) groups is 2. The van der Waals surface area contributed by atoms with E-state index < -0.39 is 0 Å². The van der Waals surface area contributed by atoms with Crippen molar-refractivity contribution < 1.29 is 28.5 Å². The minimum absolute atomic E-state index is 0.0126. The highest BCUT2D eigenvalue weighted by atomic mass is 32.2. The fourth-order valence-corrected chi connectivity index (χ4v) is 21.0. The third kappa shape index (κ3) is 24.3. The fourth-order valence-electron chi connectivity index (χ4n) is 15.0. The van der Waals surface area contributed by atoms with Crippen LogP contribution in [0.2, 0.25) is 0 Å². The van der Waals surface area contributed by atoms with Crippen LogP contribution in [0.3, 0.4) is 0 Å². The standard InChI is InChI=1S/C80H126N2O6S5/c1-7-13-19-25-29-35-41-59(39-33-23-17-11-5)55-85-79(83)61-45-49-65(50-46-61)87-75-71(67-53-69-77(91-67)63(57-89-69)43-37-31-27-21-15-9-3)73-74(82-93-81-73)72(68-54-70-78(92-68)64(58-90-70)44-38-32-28-22-16-10-4)76(75)88-66-51-47-62(48-52-66)80(84)86-56-60(40-34-24-18-12-6)42-36-30-26-20-14-8-2/h53-54,57,59-62,64-66H,7-52,55-56,58H2,1-6H3. The van der Waals surface area contributed by atoms with Gasteiger partial charge in [0.2, 0.25) is 0 Å². The zero-order chi connectivity index (χ0) is 65.2. The number of thioether (sulfide) groups is 1. The summed E-state index contributed by atoms with van der Waals surface area (Å²) in [5.41, 5.74) is 5.25. The van der Waals surface area contributed by atoms with Gasteiger partial charge in [-0.05, 0) is 131 Å². The van der Waals surface area contributed by atoms with Gasteiger partial charge in [0.15, 0.2) is 11.5 Å². The number of aromatic nitrogens is 2. The SMILES string of the molecule is CCCCCCCCc1csc2cc(-c3c(OC4CCC(C(=O)OCC(CCCCCC)CCCCCCCC)CC4)c(OC4CCC(C(=O)OCC(CCCCCC)CCCCCCCC)CC4)c(-c4cc5c(s4)C(CCCCCCCC)CS5)c4nsnc34)sc12. The molecule has 0 N–H and O–H groups in total. The van der Waals surface area contributed by atoms with Crippen molar-refractivity contribution in [3.8, 4) is 32.4 Å². The lowest BCUT2D eigenvalue weighted by atomic mass is 9.87. The number of aryl methyl sites for hydroxylation is 1. The topological polar surface area (TPSA) is 96.8 Å². The molecule has 5 aromatic rings. The van der Waals surface area contributed by atoms with E-state index in [-0.39, 0.29) is 36.0 Å². The van der Waals surface area contributed by atoms with E-state index >= 15 is 0 Å². The van der Waals surface area contributed by atoms with Gasteiger partial charge in [-0.15, -0.1) is 45.8 Å². The van der Waals surface area contributed by atoms with Crippen LogP contribution >= 0.6 is 57.5 Å². The molecule has 3 aliphatic rings. The minimum atomic E-state index is -0.126. The predicted octanol–water partition coefficient (Wildman–Crippen LogP) is 26.8. The van der Waals surface area contributed by atoms with E-state index in [1.807, 2.05) is 45.8 Å². The van der Waals surface area contributed by atoms with Gasteiger partial charge in [0, 0.05) is 40.6 Å². The van der Waals surface area contributed by atoms with Gasteiger partial charge in [0.1, 0.15) is 11.0 Å². The molecule has 2 aliphatic carbocycles. The highest BCUT2D eigenvalue weighted by Gasteiger charge is 2.38. The molecule has 522 valence electrons. The van der Waals surface area contributed by atoms with Gasteiger partial charge in [-0.3, -0.25) is 9.59 Å². The number of fused-ring (bicyclic) bond motifs is 3. The highest BCUT2D eigenvalue weighted by Crippen LogP contribution is 2.58. The number of ether oxygens (including phenoxy) is 4. The van der Waals surface area contributed by atoms with E-state index in [9.17, 15) is 9.59 Å². The van der Waals surface area contributed by atoms with Crippen LogP contribution in [0.5, 0.6) is 11.5 Å². The van der Waals surface area contributed by atoms with Gasteiger partial charge < -0.3 is 18.9 Å². The summed E-state index contributed by atoms with van der Waals surface area (Å²) < 4.78 is 41.4. The lowest BCUT2D eigenvalue weighted by molar-refractivity contribution is -0.152. The minimum Gasteiger partial charge on any atom is -0.486 e. The molecule has 0 radical (unpaired) electrons. The number of nitrogens with zero attached hydrogens (tertiary/aromatic N) is 2. The number of benzene rings is 1. The number of esters is 2. The summed E-state index contributed by atoms with van der Waals surface area (Å²) >= 11 is 9.04. The van der Waals surface area contributed by atoms with E-state index in [4.69, 9.17) is 27.7 Å². The summed E-state index contributed by atoms with van der Waals surface area (Å²) in [6, 6.07) is 4.85. The molecule has 93 heavy (non-hydrogen) atoms. The molecule has 2 saturated carbocycles. The molecule has 1 aliphatic heterocycles. The van der Waals surface area contributed by atoms with Crippen LogP contribution in [-0.2, 0) is 25.5 Å². The first-order valence-electron chi connectivity index (χ1n) is 39.0. The molecular weight excluding hydrogens is 1250 g/mol. The van der Waals surface area contributed by atoms with Crippen molar-refractivity contribution in [3.05, 3.63) is 28.0 Å². The Hall–Kier alpha value is -2.71. The summed E-state index contributed by atoms with van der Waals surface area (Å²) in [7, 11) is 0. The number of carbonyl (C=O) groups excluding carboxylic acids is 2. The van der Waals surface area contributed by atoms with Gasteiger partial charge in [0.25, 0.3) is 0 Å². The molecule has 0 bridgehead atoms. The maximum atomic E-state index is 14.2. The third-order valence-corrected chi connectivity index (χ3v) is 26.6. The van der Waals surface area contributed by atoms with Crippen LogP contribution < -0.4 is 9.47 Å². The summed E-state index contributed by atoms with van der Waals surface area (Å²) in [5, 5.41) is 2.40. The van der Waals surface area contributed by atoms with Crippen LogP contribution in [0.15, 0.2) is 22.4 Å². The van der Waals surface area contributed by atoms with E-state index in [0.717, 1.165) is 128 Å². The second-order valence-electron chi connectivity index (χ2n) is 28.8. The summed E-state index contributed by atoms with van der Waals surface area (Å²) in [6.07, 6.45) is 53.7. The Bertz CT molecular complexity index is 2850. The summed E-state index contributed by atoms with van der Waals surface area (Å²) in [5.74, 6) is 3.87. The van der Waals surface area contributed by atoms with Gasteiger partial charge in [-0.1, -0.05) is 241 Å². The van der Waals surface area contributed by atoms with Crippen molar-refractivity contribution in [1.82, 2.24) is 8.75 Å². The van der Waals surface area contributed by atoms with Crippen molar-refractivity contribution in [2.75, 3.05) is 19.0 Å². The second kappa shape index (κ2) is 43.6. The lowest BCUT2D eigenvalue weighted by Gasteiger charge is -2.32. The molecule has 13 heteroatoms. The largest absolute Gasteiger partial charge is 0.486 e. The van der Waals surface area contributed by atoms with Crippen LogP contribution in [-0.4, -0.2) is 51.9 Å². The quantitative estimate of drug-likeness (QED) is 0.0279. The lowest BCUT2D eigenvalue weighted by Crippen LogP contribution is -2.31. The fraction of sp³-hybridized carbons (Fsp3) is 0.775. The predicted molar refractivity (Wildman–Crippen MR) is 403 cm³/mol. The Morgan fingerprint density at radius 3 is 1.35 bits per heavy atom. The number of hydrogen-bond acceptors (Lipinski definition) is 13. The van der Waals surface area contributed by atoms with E-state index in [0.29, 0.717) is 31.0 Å². The first kappa shape index (κ1) is 76.1. The van der Waals surface area contributed by atoms with E-state index in [1.165, 1.54) is 253 Å². The summed E-state index contributed by atoms with van der Waals surface area (Å²) in [6.45, 7) is 14.8. The normalized spacial score (nSPS) is 19.0. The molecule has 2 fully saturated rings. The van der Waals surface area contributed by atoms with Crippen LogP contribution in [0.1, 0.15) is 347 Å². The Balaban J connectivity index is 1.07. The molecule has 3 atom stereocenters. The van der Waals surface area contributed by atoms with Crippen LogP contribution in [0, 0.1) is 23.7 Å². The maximum absolute atomic E-state index is 14.2. The molecule has 8 rings (SSSR count). The Kier molecular flexibility index (Phi) is 35.7. The average molecular weight is 1370 g/mol. The zero-order valence-corrected chi connectivity index (χ0v) is 63.4. The van der Waals surface area contributed by atoms with Crippen molar-refractivity contribution in [3.63, 3.8) is 0 Å². The van der Waals surface area contributed by atoms with Gasteiger partial charge in [-0.25, -0.2) is 0 Å². The molecule has 5 heterocycles. The first-order chi connectivity index (χ1) is 45.8. The van der Waals surface area contributed by atoms with Gasteiger partial charge >= 0.3 is 11.9 Å². The number of thiophene rings is 3. The van der Waals surface area contributed by atoms with Crippen LogP contribution in [0.4, 0.5) is 0 Å². The molecule has 0 amide bonds.